The highest BCUT2D eigenvalue weighted by Gasteiger charge is 2.41. The van der Waals surface area contributed by atoms with Crippen molar-refractivity contribution in [1.82, 2.24) is 4.57 Å². The lowest BCUT2D eigenvalue weighted by Crippen LogP contribution is -2.20. The van der Waals surface area contributed by atoms with Crippen LogP contribution in [0.2, 0.25) is 0 Å². The Kier molecular flexibility index (Phi) is 5.59. The second-order valence-corrected chi connectivity index (χ2v) is 15.2. The summed E-state index contributed by atoms with van der Waals surface area (Å²) in [5.41, 5.74) is 7.87. The fourth-order valence-electron chi connectivity index (χ4n) is 7.77. The maximum Gasteiger partial charge on any atom is 0.172 e. The van der Waals surface area contributed by atoms with Gasteiger partial charge in [-0.25, -0.2) is 0 Å². The normalized spacial score (nSPS) is 15.4. The van der Waals surface area contributed by atoms with Crippen LogP contribution in [0, 0.1) is 0 Å². The van der Waals surface area contributed by atoms with Crippen LogP contribution in [0.4, 0.5) is 0 Å². The molecule has 220 valence electrons. The summed E-state index contributed by atoms with van der Waals surface area (Å²) in [5, 5.41) is 9.94. The van der Waals surface area contributed by atoms with E-state index in [9.17, 15) is 0 Å². The maximum absolute atomic E-state index is 15.4. The monoisotopic (exact) mass is 617 g/mol. The van der Waals surface area contributed by atoms with Gasteiger partial charge >= 0.3 is 0 Å². The van der Waals surface area contributed by atoms with Crippen molar-refractivity contribution >= 4 is 66.4 Å². The van der Waals surface area contributed by atoms with Gasteiger partial charge in [-0.3, -0.25) is 0 Å². The highest BCUT2D eigenvalue weighted by Crippen LogP contribution is 2.54. The van der Waals surface area contributed by atoms with E-state index < -0.39 is 7.14 Å². The van der Waals surface area contributed by atoms with Gasteiger partial charge in [0, 0.05) is 37.9 Å². The van der Waals surface area contributed by atoms with E-state index >= 15 is 4.57 Å². The molecule has 0 fully saturated rings. The number of hydrogen-bond acceptors (Lipinski definition) is 1. The number of nitrogens with zero attached hydrogens (tertiary/aromatic N) is 1. The molecule has 8 aromatic carbocycles. The van der Waals surface area contributed by atoms with Gasteiger partial charge in [-0.15, -0.1) is 0 Å². The summed E-state index contributed by atoms with van der Waals surface area (Å²) in [4.78, 5) is 0. The van der Waals surface area contributed by atoms with Crippen LogP contribution in [0.3, 0.4) is 0 Å². The molecule has 2 heterocycles. The predicted molar refractivity (Wildman–Crippen MR) is 200 cm³/mol. The zero-order valence-electron chi connectivity index (χ0n) is 25.5. The number of fused-ring (bicyclic) bond motifs is 9. The van der Waals surface area contributed by atoms with Crippen molar-refractivity contribution in [2.24, 2.45) is 0 Å². The molecule has 3 heteroatoms. The van der Waals surface area contributed by atoms with Crippen molar-refractivity contribution in [2.75, 3.05) is 0 Å². The Morgan fingerprint density at radius 1 is 0.447 bits per heavy atom. The smallest absolute Gasteiger partial charge is 0.172 e. The first kappa shape index (κ1) is 26.5. The van der Waals surface area contributed by atoms with Gasteiger partial charge in [0.2, 0.25) is 0 Å². The van der Waals surface area contributed by atoms with Crippen molar-refractivity contribution in [1.29, 1.82) is 0 Å². The lowest BCUT2D eigenvalue weighted by molar-refractivity contribution is 0.593. The quantitative estimate of drug-likeness (QED) is 0.181. The van der Waals surface area contributed by atoms with Gasteiger partial charge in [-0.1, -0.05) is 133 Å². The molecule has 0 bridgehead atoms. The van der Waals surface area contributed by atoms with E-state index in [4.69, 9.17) is 0 Å². The minimum atomic E-state index is -3.07. The van der Waals surface area contributed by atoms with Crippen LogP contribution >= 0.6 is 7.14 Å². The van der Waals surface area contributed by atoms with Gasteiger partial charge in [0.05, 0.1) is 11.0 Å². The van der Waals surface area contributed by atoms with E-state index in [1.807, 2.05) is 36.4 Å². The lowest BCUT2D eigenvalue weighted by Gasteiger charge is -2.16. The fraction of sp³-hybridized carbons (Fsp3) is 0. The van der Waals surface area contributed by atoms with Gasteiger partial charge < -0.3 is 9.13 Å². The maximum atomic E-state index is 15.4. The van der Waals surface area contributed by atoms with Crippen LogP contribution in [0.15, 0.2) is 170 Å². The van der Waals surface area contributed by atoms with E-state index in [1.165, 1.54) is 43.4 Å². The summed E-state index contributed by atoms with van der Waals surface area (Å²) in [6.45, 7) is 0. The molecule has 9 aromatic rings. The van der Waals surface area contributed by atoms with Crippen molar-refractivity contribution < 1.29 is 4.57 Å². The predicted octanol–water partition coefficient (Wildman–Crippen LogP) is 10.4. The van der Waals surface area contributed by atoms with Gasteiger partial charge in [0.1, 0.15) is 0 Å². The Bertz CT molecular complexity index is 2770. The van der Waals surface area contributed by atoms with E-state index in [-0.39, 0.29) is 0 Å². The van der Waals surface area contributed by atoms with Crippen molar-refractivity contribution in [2.45, 2.75) is 0 Å². The Morgan fingerprint density at radius 2 is 1.11 bits per heavy atom. The third kappa shape index (κ3) is 3.77. The molecule has 1 aliphatic heterocycles. The zero-order valence-corrected chi connectivity index (χ0v) is 26.4. The van der Waals surface area contributed by atoms with Gasteiger partial charge in [-0.05, 0) is 74.6 Å². The largest absolute Gasteiger partial charge is 0.309 e. The second-order valence-electron chi connectivity index (χ2n) is 12.5. The molecule has 1 atom stereocenters. The van der Waals surface area contributed by atoms with Crippen LogP contribution < -0.4 is 15.9 Å². The van der Waals surface area contributed by atoms with E-state index in [0.29, 0.717) is 0 Å². The Balaban J connectivity index is 1.25. The summed E-state index contributed by atoms with van der Waals surface area (Å²) < 4.78 is 17.8. The van der Waals surface area contributed by atoms with Crippen molar-refractivity contribution in [3.8, 4) is 27.9 Å². The average molecular weight is 618 g/mol. The summed E-state index contributed by atoms with van der Waals surface area (Å²) in [7, 11) is -3.07. The summed E-state index contributed by atoms with van der Waals surface area (Å²) in [6, 6.07) is 60.0. The van der Waals surface area contributed by atoms with Crippen LogP contribution in [0.1, 0.15) is 0 Å². The first-order valence-corrected chi connectivity index (χ1v) is 17.7. The molecule has 1 aliphatic rings. The highest BCUT2D eigenvalue weighted by molar-refractivity contribution is 7.86. The molecule has 47 heavy (non-hydrogen) atoms. The zero-order chi connectivity index (χ0) is 31.1. The Hall–Kier alpha value is -5.69. The Labute approximate surface area is 272 Å². The molecule has 0 amide bonds. The van der Waals surface area contributed by atoms with Crippen LogP contribution in [-0.4, -0.2) is 4.57 Å². The highest BCUT2D eigenvalue weighted by atomic mass is 31.2. The molecule has 1 aromatic heterocycles. The molecule has 10 rings (SSSR count). The first-order chi connectivity index (χ1) is 23.2. The van der Waals surface area contributed by atoms with Gasteiger partial charge in [0.15, 0.2) is 7.14 Å². The number of aromatic nitrogens is 1. The first-order valence-electron chi connectivity index (χ1n) is 16.0. The minimum absolute atomic E-state index is 0.875. The second kappa shape index (κ2) is 9.90. The fourth-order valence-corrected chi connectivity index (χ4v) is 10.8. The molecular weight excluding hydrogens is 589 g/mol. The molecule has 2 nitrogen and oxygen atoms in total. The number of para-hydroxylation sites is 1. The molecule has 0 aliphatic carbocycles. The molecule has 0 saturated carbocycles. The van der Waals surface area contributed by atoms with E-state index in [2.05, 4.69) is 138 Å². The van der Waals surface area contributed by atoms with Crippen LogP contribution in [0.25, 0.3) is 71.3 Å². The Morgan fingerprint density at radius 3 is 1.96 bits per heavy atom. The summed E-state index contributed by atoms with van der Waals surface area (Å²) in [6.07, 6.45) is 0. The number of rotatable bonds is 3. The van der Waals surface area contributed by atoms with Crippen LogP contribution in [0.5, 0.6) is 0 Å². The van der Waals surface area contributed by atoms with E-state index in [1.54, 1.807) is 0 Å². The molecule has 0 radical (unpaired) electrons. The minimum Gasteiger partial charge on any atom is -0.309 e. The number of benzene rings is 8. The number of hydrogen-bond donors (Lipinski definition) is 0. The molecular formula is C44H28NOP. The lowest BCUT2D eigenvalue weighted by atomic mass is 9.98. The molecule has 1 unspecified atom stereocenters. The van der Waals surface area contributed by atoms with E-state index in [0.717, 1.165) is 43.8 Å². The van der Waals surface area contributed by atoms with Gasteiger partial charge in [0.25, 0.3) is 0 Å². The third-order valence-electron chi connectivity index (χ3n) is 9.95. The molecule has 0 spiro atoms. The van der Waals surface area contributed by atoms with Crippen molar-refractivity contribution in [3.05, 3.63) is 170 Å². The van der Waals surface area contributed by atoms with Gasteiger partial charge in [-0.2, -0.15) is 0 Å². The molecule has 0 saturated heterocycles. The van der Waals surface area contributed by atoms with Crippen LogP contribution in [-0.2, 0) is 4.57 Å². The molecule has 0 N–H and O–H groups in total. The summed E-state index contributed by atoms with van der Waals surface area (Å²) >= 11 is 0. The topological polar surface area (TPSA) is 22.0 Å². The summed E-state index contributed by atoms with van der Waals surface area (Å²) in [5.74, 6) is 0. The average Bonchev–Trinajstić information content (AvgIpc) is 3.61. The SMILES string of the molecule is O=P1(c2ccccc2)c2ccccc2-c2c1ccc1c3ccccc3n(-c3ccc4ccc(-c5ccc6ccccc6c5)cc4c3)c21. The van der Waals surface area contributed by atoms with Crippen molar-refractivity contribution in [3.63, 3.8) is 0 Å². The third-order valence-corrected chi connectivity index (χ3v) is 13.1. The standard InChI is InChI=1S/C44H28NOP/c46-47(36-12-2-1-3-13-36)41-17-9-7-15-39(41)43-42(47)25-24-38-37-14-6-8-16-40(37)45(44(38)43)35-23-22-30-19-21-33(27-34(30)28-35)32-20-18-29-10-4-5-11-31(29)26-32/h1-28H.